The fourth-order valence-electron chi connectivity index (χ4n) is 5.34. The molecule has 5 rings (SSSR count). The minimum Gasteiger partial charge on any atom is -0.338 e. The molecule has 3 amide bonds. The van der Waals surface area contributed by atoms with Gasteiger partial charge in [-0.15, -0.1) is 0 Å². The van der Waals surface area contributed by atoms with Crippen molar-refractivity contribution in [2.24, 2.45) is 11.8 Å². The third-order valence-electron chi connectivity index (χ3n) is 6.97. The first-order valence-electron chi connectivity index (χ1n) is 11.0. The minimum absolute atomic E-state index is 0.0586. The topological polar surface area (TPSA) is 57.7 Å². The maximum atomic E-state index is 13.1. The van der Waals surface area contributed by atoms with Crippen LogP contribution in [0.5, 0.6) is 0 Å². The van der Waals surface area contributed by atoms with Gasteiger partial charge in [-0.25, -0.2) is 0 Å². The molecule has 2 aliphatic heterocycles. The van der Waals surface area contributed by atoms with Gasteiger partial charge in [0.1, 0.15) is 0 Å². The predicted molar refractivity (Wildman–Crippen MR) is 113 cm³/mol. The lowest BCUT2D eigenvalue weighted by Crippen LogP contribution is -2.44. The maximum absolute atomic E-state index is 13.1. The molecule has 2 aromatic carbocycles. The van der Waals surface area contributed by atoms with Gasteiger partial charge in [0, 0.05) is 18.7 Å². The van der Waals surface area contributed by atoms with E-state index in [1.54, 1.807) is 24.3 Å². The van der Waals surface area contributed by atoms with E-state index in [9.17, 15) is 14.4 Å². The van der Waals surface area contributed by atoms with Crippen LogP contribution in [0.3, 0.4) is 0 Å². The first-order chi connectivity index (χ1) is 14.6. The summed E-state index contributed by atoms with van der Waals surface area (Å²) in [6, 6.07) is 14.3. The Bertz CT molecular complexity index is 980. The van der Waals surface area contributed by atoms with Crippen molar-refractivity contribution < 1.29 is 14.4 Å². The number of benzene rings is 2. The van der Waals surface area contributed by atoms with Crippen LogP contribution in [0.1, 0.15) is 68.7 Å². The highest BCUT2D eigenvalue weighted by molar-refractivity contribution is 6.21. The second kappa shape index (κ2) is 7.71. The molecule has 3 aliphatic rings. The molecule has 0 bridgehead atoms. The van der Waals surface area contributed by atoms with Crippen LogP contribution in [0, 0.1) is 11.8 Å². The fourth-order valence-corrected chi connectivity index (χ4v) is 5.34. The van der Waals surface area contributed by atoms with Crippen LogP contribution in [0.4, 0.5) is 0 Å². The van der Waals surface area contributed by atoms with E-state index in [-0.39, 0.29) is 24.3 Å². The summed E-state index contributed by atoms with van der Waals surface area (Å²) in [5, 5.41) is 0. The van der Waals surface area contributed by atoms with Gasteiger partial charge in [-0.1, -0.05) is 43.5 Å². The van der Waals surface area contributed by atoms with Gasteiger partial charge in [0.05, 0.1) is 17.7 Å². The monoisotopic (exact) mass is 402 g/mol. The number of fused-ring (bicyclic) bond motifs is 2. The lowest BCUT2D eigenvalue weighted by Gasteiger charge is -2.41. The van der Waals surface area contributed by atoms with Gasteiger partial charge < -0.3 is 4.90 Å². The Hall–Kier alpha value is -2.95. The molecule has 0 N–H and O–H groups in total. The van der Waals surface area contributed by atoms with Gasteiger partial charge in [0.2, 0.25) is 0 Å². The SMILES string of the molecule is O=C(c1cccc(CN2C(=O)c3ccccc3C2=O)c1)N1CC[C@@H]2CCCC[C@H]2C1. The van der Waals surface area contributed by atoms with Gasteiger partial charge >= 0.3 is 0 Å². The number of carbonyl (C=O) groups excluding carboxylic acids is 3. The molecule has 2 heterocycles. The molecule has 0 aromatic heterocycles. The Kier molecular flexibility index (Phi) is 4.89. The lowest BCUT2D eigenvalue weighted by atomic mass is 9.75. The summed E-state index contributed by atoms with van der Waals surface area (Å²) in [7, 11) is 0. The number of nitrogens with zero attached hydrogens (tertiary/aromatic N) is 2. The summed E-state index contributed by atoms with van der Waals surface area (Å²) in [6.45, 7) is 1.85. The van der Waals surface area contributed by atoms with Gasteiger partial charge in [-0.05, 0) is 54.5 Å². The lowest BCUT2D eigenvalue weighted by molar-refractivity contribution is 0.0520. The second-order valence-corrected chi connectivity index (χ2v) is 8.79. The van der Waals surface area contributed by atoms with Crippen LogP contribution in [0.2, 0.25) is 0 Å². The highest BCUT2D eigenvalue weighted by Crippen LogP contribution is 2.36. The van der Waals surface area contributed by atoms with E-state index in [2.05, 4.69) is 0 Å². The van der Waals surface area contributed by atoms with Crippen LogP contribution in [-0.4, -0.2) is 40.6 Å². The minimum atomic E-state index is -0.272. The number of piperidine rings is 1. The first-order valence-corrected chi connectivity index (χ1v) is 11.0. The van der Waals surface area contributed by atoms with Gasteiger partial charge in [-0.3, -0.25) is 19.3 Å². The number of amides is 3. The Morgan fingerprint density at radius 2 is 1.57 bits per heavy atom. The van der Waals surface area contributed by atoms with Crippen molar-refractivity contribution in [1.82, 2.24) is 9.80 Å². The smallest absolute Gasteiger partial charge is 0.261 e. The number of carbonyl (C=O) groups is 3. The summed E-state index contributed by atoms with van der Waals surface area (Å²) >= 11 is 0. The molecule has 2 fully saturated rings. The average Bonchev–Trinajstić information content (AvgIpc) is 3.03. The van der Waals surface area contributed by atoms with Gasteiger partial charge in [0.25, 0.3) is 17.7 Å². The van der Waals surface area contributed by atoms with Crippen molar-refractivity contribution in [2.45, 2.75) is 38.6 Å². The van der Waals surface area contributed by atoms with Crippen molar-refractivity contribution >= 4 is 17.7 Å². The van der Waals surface area contributed by atoms with Gasteiger partial charge in [0.15, 0.2) is 0 Å². The zero-order valence-electron chi connectivity index (χ0n) is 17.0. The molecule has 0 spiro atoms. The second-order valence-electron chi connectivity index (χ2n) is 8.79. The number of rotatable bonds is 3. The van der Waals surface area contributed by atoms with Crippen LogP contribution in [0.15, 0.2) is 48.5 Å². The highest BCUT2D eigenvalue weighted by Gasteiger charge is 2.36. The van der Waals surface area contributed by atoms with Crippen LogP contribution in [0.25, 0.3) is 0 Å². The Balaban J connectivity index is 1.31. The fraction of sp³-hybridized carbons (Fsp3) is 0.400. The molecule has 5 heteroatoms. The molecule has 2 aromatic rings. The van der Waals surface area contributed by atoms with E-state index in [0.29, 0.717) is 22.6 Å². The standard InChI is InChI=1S/C25H26N2O3/c28-23(26-13-12-18-7-1-2-8-20(18)16-26)19-9-5-6-17(14-19)15-27-24(29)21-10-3-4-11-22(21)25(27)30/h3-6,9-11,14,18,20H,1-2,7-8,12-13,15-16H2/t18-,20-/m0/s1. The van der Waals surface area contributed by atoms with E-state index in [1.807, 2.05) is 29.2 Å². The van der Waals surface area contributed by atoms with E-state index < -0.39 is 0 Å². The summed E-state index contributed by atoms with van der Waals surface area (Å²) in [6.07, 6.45) is 6.25. The van der Waals surface area contributed by atoms with E-state index in [4.69, 9.17) is 0 Å². The maximum Gasteiger partial charge on any atom is 0.261 e. The van der Waals surface area contributed by atoms with Crippen molar-refractivity contribution in [3.05, 3.63) is 70.8 Å². The molecule has 1 saturated heterocycles. The Labute approximate surface area is 176 Å². The summed E-state index contributed by atoms with van der Waals surface area (Å²) in [5.74, 6) is 0.933. The van der Waals surface area contributed by atoms with Crippen molar-refractivity contribution in [1.29, 1.82) is 0 Å². The zero-order chi connectivity index (χ0) is 20.7. The number of likely N-dealkylation sites (tertiary alicyclic amines) is 1. The van der Waals surface area contributed by atoms with E-state index in [0.717, 1.165) is 31.0 Å². The summed E-state index contributed by atoms with van der Waals surface area (Å²) in [5.41, 5.74) is 2.33. The first kappa shape index (κ1) is 19.0. The Morgan fingerprint density at radius 1 is 0.867 bits per heavy atom. The quantitative estimate of drug-likeness (QED) is 0.725. The molecule has 154 valence electrons. The molecule has 0 radical (unpaired) electrons. The molecule has 0 unspecified atom stereocenters. The number of imide groups is 1. The molecular formula is C25H26N2O3. The average molecular weight is 402 g/mol. The van der Waals surface area contributed by atoms with Crippen LogP contribution in [-0.2, 0) is 6.54 Å². The summed E-state index contributed by atoms with van der Waals surface area (Å²) in [4.78, 5) is 41.7. The third-order valence-corrected chi connectivity index (χ3v) is 6.97. The van der Waals surface area contributed by atoms with Crippen molar-refractivity contribution in [3.8, 4) is 0 Å². The van der Waals surface area contributed by atoms with E-state index >= 15 is 0 Å². The zero-order valence-corrected chi connectivity index (χ0v) is 17.0. The van der Waals surface area contributed by atoms with Crippen LogP contribution >= 0.6 is 0 Å². The van der Waals surface area contributed by atoms with Crippen LogP contribution < -0.4 is 0 Å². The molecule has 1 saturated carbocycles. The predicted octanol–water partition coefficient (Wildman–Crippen LogP) is 4.14. The Morgan fingerprint density at radius 3 is 2.30 bits per heavy atom. The highest BCUT2D eigenvalue weighted by atomic mass is 16.2. The van der Waals surface area contributed by atoms with Crippen molar-refractivity contribution in [2.75, 3.05) is 13.1 Å². The van der Waals surface area contributed by atoms with E-state index in [1.165, 1.54) is 30.6 Å². The molecule has 2 atom stereocenters. The normalized spacial score (nSPS) is 23.3. The molecule has 5 nitrogen and oxygen atoms in total. The molecule has 1 aliphatic carbocycles. The number of hydrogen-bond acceptors (Lipinski definition) is 3. The van der Waals surface area contributed by atoms with Crippen molar-refractivity contribution in [3.63, 3.8) is 0 Å². The third kappa shape index (κ3) is 3.32. The molecule has 30 heavy (non-hydrogen) atoms. The van der Waals surface area contributed by atoms with Gasteiger partial charge in [-0.2, -0.15) is 0 Å². The molecular weight excluding hydrogens is 376 g/mol. The largest absolute Gasteiger partial charge is 0.338 e. The number of hydrogen-bond donors (Lipinski definition) is 0. The summed E-state index contributed by atoms with van der Waals surface area (Å²) < 4.78 is 0.